The molecule has 0 aliphatic carbocycles. The van der Waals surface area contributed by atoms with Crippen LogP contribution in [-0.2, 0) is 5.41 Å². The van der Waals surface area contributed by atoms with Crippen molar-refractivity contribution in [2.45, 2.75) is 19.3 Å². The summed E-state index contributed by atoms with van der Waals surface area (Å²) >= 11 is 0. The smallest absolute Gasteiger partial charge is 0.344 e. The molecule has 0 fully saturated rings. The molecule has 234 valence electrons. The summed E-state index contributed by atoms with van der Waals surface area (Å²) in [7, 11) is 0. The predicted octanol–water partition coefficient (Wildman–Crippen LogP) is 12.1. The summed E-state index contributed by atoms with van der Waals surface area (Å²) in [5, 5.41) is 2.43. The summed E-state index contributed by atoms with van der Waals surface area (Å²) in [6.07, 6.45) is 0. The fourth-order valence-corrected chi connectivity index (χ4v) is 7.50. The second-order valence-electron chi connectivity index (χ2n) is 13.3. The van der Waals surface area contributed by atoms with E-state index in [9.17, 15) is 4.79 Å². The Hall–Kier alpha value is -6.19. The quantitative estimate of drug-likeness (QED) is 0.143. The van der Waals surface area contributed by atoms with Gasteiger partial charge in [0.25, 0.3) is 0 Å². The molecule has 8 aromatic rings. The highest BCUT2D eigenvalue weighted by atomic mass is 16.4. The van der Waals surface area contributed by atoms with E-state index in [-0.39, 0.29) is 11.0 Å². The van der Waals surface area contributed by atoms with Gasteiger partial charge < -0.3 is 9.32 Å². The molecule has 1 aliphatic rings. The Balaban J connectivity index is 1.18. The van der Waals surface area contributed by atoms with Gasteiger partial charge in [-0.2, -0.15) is 0 Å². The Morgan fingerprint density at radius 3 is 1.55 bits per heavy atom. The van der Waals surface area contributed by atoms with Gasteiger partial charge in [-0.05, 0) is 98.4 Å². The van der Waals surface area contributed by atoms with Crippen molar-refractivity contribution < 1.29 is 4.42 Å². The molecule has 3 nitrogen and oxygen atoms in total. The first-order valence-electron chi connectivity index (χ1n) is 16.7. The highest BCUT2D eigenvalue weighted by Gasteiger charge is 2.37. The lowest BCUT2D eigenvalue weighted by atomic mass is 9.72. The third-order valence-corrected chi connectivity index (χ3v) is 10.1. The van der Waals surface area contributed by atoms with Crippen molar-refractivity contribution in [1.29, 1.82) is 0 Å². The Morgan fingerprint density at radius 1 is 0.449 bits per heavy atom. The lowest BCUT2D eigenvalue weighted by molar-refractivity contribution is 0.569. The first kappa shape index (κ1) is 29.0. The number of nitrogens with zero attached hydrogens (tertiary/aromatic N) is 1. The second kappa shape index (κ2) is 11.2. The molecule has 3 heteroatoms. The van der Waals surface area contributed by atoms with E-state index in [2.05, 4.69) is 146 Å². The molecule has 0 unspecified atom stereocenters. The SMILES string of the molecule is CC1(C)c2cc(-c3ccccc3)ccc2N(c2ccc(-c3ccc4c(c3)c(=O)oc3ccccc34)cc2)c2ccc(-c3ccccc3)cc21. The lowest BCUT2D eigenvalue weighted by Gasteiger charge is -2.42. The molecule has 49 heavy (non-hydrogen) atoms. The van der Waals surface area contributed by atoms with E-state index in [0.29, 0.717) is 11.0 Å². The minimum atomic E-state index is -0.318. The third kappa shape index (κ3) is 4.77. The van der Waals surface area contributed by atoms with Crippen LogP contribution >= 0.6 is 0 Å². The highest BCUT2D eigenvalue weighted by Crippen LogP contribution is 2.53. The number of para-hydroxylation sites is 1. The molecular weight excluding hydrogens is 599 g/mol. The zero-order chi connectivity index (χ0) is 33.1. The number of anilines is 3. The maximum Gasteiger partial charge on any atom is 0.344 e. The van der Waals surface area contributed by atoms with Crippen LogP contribution in [0.15, 0.2) is 173 Å². The van der Waals surface area contributed by atoms with Gasteiger partial charge in [0.1, 0.15) is 5.58 Å². The van der Waals surface area contributed by atoms with Crippen LogP contribution in [0.3, 0.4) is 0 Å². The summed E-state index contributed by atoms with van der Waals surface area (Å²) in [6.45, 7) is 4.68. The Labute approximate surface area is 285 Å². The summed E-state index contributed by atoms with van der Waals surface area (Å²) < 4.78 is 5.66. The minimum absolute atomic E-state index is 0.243. The van der Waals surface area contributed by atoms with Crippen molar-refractivity contribution in [2.75, 3.05) is 4.90 Å². The number of hydrogen-bond donors (Lipinski definition) is 0. The number of fused-ring (bicyclic) bond motifs is 5. The fourth-order valence-electron chi connectivity index (χ4n) is 7.50. The summed E-state index contributed by atoms with van der Waals surface area (Å²) in [6, 6.07) is 57.4. The molecule has 1 aliphatic heterocycles. The molecule has 0 spiro atoms. The molecule has 0 radical (unpaired) electrons. The summed E-state index contributed by atoms with van der Waals surface area (Å²) in [5.41, 5.74) is 12.9. The van der Waals surface area contributed by atoms with Crippen molar-refractivity contribution in [3.63, 3.8) is 0 Å². The Bertz CT molecular complexity index is 2490. The molecule has 0 saturated carbocycles. The molecule has 0 N–H and O–H groups in total. The van der Waals surface area contributed by atoms with Crippen molar-refractivity contribution >= 4 is 38.8 Å². The van der Waals surface area contributed by atoms with Crippen LogP contribution in [-0.4, -0.2) is 0 Å². The minimum Gasteiger partial charge on any atom is -0.422 e. The standard InChI is InChI=1S/C46H33NO2/c1-46(2)40-28-34(30-11-5-3-6-12-30)20-25-42(40)47(43-26-21-35(29-41(43)46)31-13-7-4-8-14-31)36-22-17-32(18-23-36)33-19-24-37-38-15-9-10-16-44(38)49-45(48)39(37)27-33/h3-29H,1-2H3. The van der Waals surface area contributed by atoms with E-state index < -0.39 is 0 Å². The van der Waals surface area contributed by atoms with Crippen LogP contribution in [0, 0.1) is 0 Å². The monoisotopic (exact) mass is 631 g/mol. The molecule has 0 amide bonds. The zero-order valence-electron chi connectivity index (χ0n) is 27.4. The van der Waals surface area contributed by atoms with Gasteiger partial charge in [0.05, 0.1) is 16.8 Å². The van der Waals surface area contributed by atoms with E-state index in [1.165, 1.54) is 44.8 Å². The van der Waals surface area contributed by atoms with Gasteiger partial charge in [-0.15, -0.1) is 0 Å². The van der Waals surface area contributed by atoms with E-state index in [0.717, 1.165) is 27.6 Å². The molecule has 1 aromatic heterocycles. The van der Waals surface area contributed by atoms with Crippen molar-refractivity contribution in [1.82, 2.24) is 0 Å². The van der Waals surface area contributed by atoms with E-state index in [1.54, 1.807) is 0 Å². The Kier molecular flexibility index (Phi) is 6.63. The van der Waals surface area contributed by atoms with Crippen LogP contribution in [0.25, 0.3) is 55.1 Å². The average Bonchev–Trinajstić information content (AvgIpc) is 3.16. The molecule has 7 aromatic carbocycles. The maximum atomic E-state index is 13.0. The van der Waals surface area contributed by atoms with Crippen LogP contribution in [0.4, 0.5) is 17.1 Å². The van der Waals surface area contributed by atoms with Gasteiger partial charge in [-0.3, -0.25) is 0 Å². The van der Waals surface area contributed by atoms with Gasteiger partial charge in [0, 0.05) is 16.5 Å². The maximum absolute atomic E-state index is 13.0. The van der Waals surface area contributed by atoms with Crippen molar-refractivity contribution in [3.05, 3.63) is 185 Å². The summed E-state index contributed by atoms with van der Waals surface area (Å²) in [5.74, 6) is 0. The molecule has 2 heterocycles. The first-order chi connectivity index (χ1) is 24.0. The average molecular weight is 632 g/mol. The molecule has 0 atom stereocenters. The van der Waals surface area contributed by atoms with Gasteiger partial charge in [0.2, 0.25) is 0 Å². The van der Waals surface area contributed by atoms with Gasteiger partial charge in [-0.1, -0.05) is 129 Å². The van der Waals surface area contributed by atoms with E-state index in [1.807, 2.05) is 36.4 Å². The number of rotatable bonds is 4. The topological polar surface area (TPSA) is 33.5 Å². The van der Waals surface area contributed by atoms with E-state index >= 15 is 0 Å². The number of hydrogen-bond acceptors (Lipinski definition) is 3. The second-order valence-corrected chi connectivity index (χ2v) is 13.3. The highest BCUT2D eigenvalue weighted by molar-refractivity contribution is 6.05. The van der Waals surface area contributed by atoms with Gasteiger partial charge in [-0.25, -0.2) is 4.79 Å². The first-order valence-corrected chi connectivity index (χ1v) is 16.7. The summed E-state index contributed by atoms with van der Waals surface area (Å²) in [4.78, 5) is 15.4. The lowest BCUT2D eigenvalue weighted by Crippen LogP contribution is -2.30. The normalized spacial score (nSPS) is 13.3. The van der Waals surface area contributed by atoms with Crippen LogP contribution < -0.4 is 10.5 Å². The largest absolute Gasteiger partial charge is 0.422 e. The van der Waals surface area contributed by atoms with Crippen LogP contribution in [0.1, 0.15) is 25.0 Å². The fraction of sp³-hybridized carbons (Fsp3) is 0.0652. The molecule has 9 rings (SSSR count). The number of benzene rings is 7. The van der Waals surface area contributed by atoms with Crippen LogP contribution in [0.2, 0.25) is 0 Å². The van der Waals surface area contributed by atoms with Crippen molar-refractivity contribution in [2.24, 2.45) is 0 Å². The van der Waals surface area contributed by atoms with Crippen LogP contribution in [0.5, 0.6) is 0 Å². The molecule has 0 saturated heterocycles. The van der Waals surface area contributed by atoms with E-state index in [4.69, 9.17) is 4.42 Å². The Morgan fingerprint density at radius 2 is 0.939 bits per heavy atom. The van der Waals surface area contributed by atoms with Gasteiger partial charge in [0.15, 0.2) is 0 Å². The zero-order valence-corrected chi connectivity index (χ0v) is 27.4. The van der Waals surface area contributed by atoms with Crippen molar-refractivity contribution in [3.8, 4) is 33.4 Å². The molecular formula is C46H33NO2. The predicted molar refractivity (Wildman–Crippen MR) is 203 cm³/mol. The van der Waals surface area contributed by atoms with Gasteiger partial charge >= 0.3 is 5.63 Å². The molecule has 0 bridgehead atoms. The third-order valence-electron chi connectivity index (χ3n) is 10.1.